The number of piperidine rings is 1. The fraction of sp³-hybridized carbons (Fsp3) is 0.600. The molecule has 0 aromatic carbocycles. The number of hydrogen-bond donors (Lipinski definition) is 1. The fourth-order valence-electron chi connectivity index (χ4n) is 3.58. The van der Waals surface area contributed by atoms with Crippen LogP contribution in [-0.4, -0.2) is 22.6 Å². The summed E-state index contributed by atoms with van der Waals surface area (Å²) in [4.78, 5) is 19.9. The maximum Gasteiger partial charge on any atom is 0.262 e. The van der Waals surface area contributed by atoms with Crippen LogP contribution in [0.2, 0.25) is 0 Å². The highest BCUT2D eigenvalue weighted by Crippen LogP contribution is 2.35. The van der Waals surface area contributed by atoms with Crippen LogP contribution in [0.15, 0.2) is 4.79 Å². The van der Waals surface area contributed by atoms with Gasteiger partial charge in [0.05, 0.1) is 5.39 Å². The lowest BCUT2D eigenvalue weighted by Crippen LogP contribution is -2.33. The smallest absolute Gasteiger partial charge is 0.262 e. The first-order valence-electron chi connectivity index (χ1n) is 7.47. The monoisotopic (exact) mass is 289 g/mol. The molecule has 1 aliphatic carbocycles. The molecule has 106 valence electrons. The number of aryl methyl sites for hydroxylation is 2. The number of rotatable bonds is 1. The van der Waals surface area contributed by atoms with Gasteiger partial charge in [0.2, 0.25) is 0 Å². The highest BCUT2D eigenvalue weighted by atomic mass is 32.1. The van der Waals surface area contributed by atoms with Gasteiger partial charge in [-0.3, -0.25) is 9.36 Å². The molecule has 4 rings (SSSR count). The Balaban J connectivity index is 1.91. The first kappa shape index (κ1) is 12.5. The topological polar surface area (TPSA) is 46.9 Å². The quantitative estimate of drug-likeness (QED) is 0.873. The molecule has 1 fully saturated rings. The van der Waals surface area contributed by atoms with Crippen molar-refractivity contribution in [3.05, 3.63) is 26.6 Å². The Labute approximate surface area is 121 Å². The third-order valence-electron chi connectivity index (χ3n) is 4.64. The second-order valence-electron chi connectivity index (χ2n) is 5.91. The minimum Gasteiger partial charge on any atom is -0.316 e. The normalized spacial score (nSPS) is 22.4. The van der Waals surface area contributed by atoms with Gasteiger partial charge in [-0.05, 0) is 44.2 Å². The number of nitrogens with zero attached hydrogens (tertiary/aromatic N) is 2. The average molecular weight is 289 g/mol. The predicted octanol–water partition coefficient (Wildman–Crippen LogP) is 1.95. The van der Waals surface area contributed by atoms with Gasteiger partial charge < -0.3 is 5.32 Å². The third-order valence-corrected chi connectivity index (χ3v) is 5.83. The summed E-state index contributed by atoms with van der Waals surface area (Å²) in [6.07, 6.45) is 5.66. The maximum atomic E-state index is 12.7. The van der Waals surface area contributed by atoms with Crippen molar-refractivity contribution in [3.63, 3.8) is 0 Å². The van der Waals surface area contributed by atoms with E-state index in [4.69, 9.17) is 4.98 Å². The number of thiophene rings is 1. The molecule has 0 saturated carbocycles. The molecule has 20 heavy (non-hydrogen) atoms. The van der Waals surface area contributed by atoms with E-state index in [2.05, 4.69) is 5.32 Å². The molecule has 2 aliphatic rings. The average Bonchev–Trinajstić information content (AvgIpc) is 3.04. The number of nitrogens with one attached hydrogen (secondary N) is 1. The van der Waals surface area contributed by atoms with Crippen molar-refractivity contribution in [2.24, 2.45) is 7.05 Å². The van der Waals surface area contributed by atoms with E-state index in [1.54, 1.807) is 15.9 Å². The Kier molecular flexibility index (Phi) is 2.93. The Morgan fingerprint density at radius 2 is 2.25 bits per heavy atom. The highest BCUT2D eigenvalue weighted by molar-refractivity contribution is 7.18. The fourth-order valence-corrected chi connectivity index (χ4v) is 4.84. The molecule has 3 heterocycles. The summed E-state index contributed by atoms with van der Waals surface area (Å²) in [5.41, 5.74) is 1.45. The van der Waals surface area contributed by atoms with Crippen molar-refractivity contribution >= 4 is 21.6 Å². The van der Waals surface area contributed by atoms with E-state index in [9.17, 15) is 4.79 Å². The van der Waals surface area contributed by atoms with Crippen LogP contribution in [0.25, 0.3) is 10.2 Å². The van der Waals surface area contributed by atoms with E-state index < -0.39 is 0 Å². The largest absolute Gasteiger partial charge is 0.316 e. The second-order valence-corrected chi connectivity index (χ2v) is 7.00. The molecule has 0 bridgehead atoms. The summed E-state index contributed by atoms with van der Waals surface area (Å²) in [6, 6.07) is 0. The molecular formula is C15H19N3OS. The van der Waals surface area contributed by atoms with E-state index in [1.165, 1.54) is 23.3 Å². The van der Waals surface area contributed by atoms with Gasteiger partial charge in [0.15, 0.2) is 0 Å². The zero-order valence-electron chi connectivity index (χ0n) is 11.7. The van der Waals surface area contributed by atoms with Crippen LogP contribution in [0.1, 0.15) is 41.4 Å². The van der Waals surface area contributed by atoms with E-state index in [1.807, 2.05) is 7.05 Å². The van der Waals surface area contributed by atoms with Crippen molar-refractivity contribution in [3.8, 4) is 0 Å². The van der Waals surface area contributed by atoms with E-state index in [0.717, 1.165) is 48.4 Å². The minimum absolute atomic E-state index is 0.162. The molecule has 2 aromatic heterocycles. The van der Waals surface area contributed by atoms with Gasteiger partial charge in [-0.25, -0.2) is 4.98 Å². The zero-order valence-corrected chi connectivity index (χ0v) is 12.6. The van der Waals surface area contributed by atoms with Crippen molar-refractivity contribution in [1.29, 1.82) is 0 Å². The van der Waals surface area contributed by atoms with Crippen LogP contribution in [0, 0.1) is 0 Å². The summed E-state index contributed by atoms with van der Waals surface area (Å²) in [5, 5.41) is 4.32. The number of aromatic nitrogens is 2. The number of hydrogen-bond acceptors (Lipinski definition) is 4. The second kappa shape index (κ2) is 4.67. The molecule has 1 saturated heterocycles. The zero-order chi connectivity index (χ0) is 13.7. The Morgan fingerprint density at radius 1 is 1.35 bits per heavy atom. The van der Waals surface area contributed by atoms with E-state index in [0.29, 0.717) is 5.92 Å². The van der Waals surface area contributed by atoms with Crippen molar-refractivity contribution in [2.75, 3.05) is 13.1 Å². The minimum atomic E-state index is 0.162. The van der Waals surface area contributed by atoms with Gasteiger partial charge in [-0.2, -0.15) is 0 Å². The molecule has 1 atom stereocenters. The molecule has 1 N–H and O–H groups in total. The van der Waals surface area contributed by atoms with Crippen LogP contribution >= 0.6 is 11.3 Å². The van der Waals surface area contributed by atoms with Gasteiger partial charge in [0, 0.05) is 24.4 Å². The Hall–Kier alpha value is -1.20. The summed E-state index contributed by atoms with van der Waals surface area (Å²) in [5.74, 6) is 1.34. The van der Waals surface area contributed by atoms with E-state index >= 15 is 0 Å². The molecule has 0 amide bonds. The summed E-state index contributed by atoms with van der Waals surface area (Å²) < 4.78 is 1.80. The Morgan fingerprint density at radius 3 is 3.05 bits per heavy atom. The van der Waals surface area contributed by atoms with Gasteiger partial charge in [0.25, 0.3) is 5.56 Å². The molecular weight excluding hydrogens is 270 g/mol. The third kappa shape index (κ3) is 1.76. The van der Waals surface area contributed by atoms with Gasteiger partial charge in [-0.1, -0.05) is 0 Å². The predicted molar refractivity (Wildman–Crippen MR) is 81.7 cm³/mol. The van der Waals surface area contributed by atoms with Crippen LogP contribution in [0.3, 0.4) is 0 Å². The van der Waals surface area contributed by atoms with Gasteiger partial charge in [0.1, 0.15) is 10.7 Å². The first-order chi connectivity index (χ1) is 9.75. The highest BCUT2D eigenvalue weighted by Gasteiger charge is 2.25. The summed E-state index contributed by atoms with van der Waals surface area (Å²) in [7, 11) is 1.89. The van der Waals surface area contributed by atoms with Crippen LogP contribution in [0.5, 0.6) is 0 Å². The first-order valence-corrected chi connectivity index (χ1v) is 8.29. The molecule has 1 unspecified atom stereocenters. The lowest BCUT2D eigenvalue weighted by molar-refractivity contribution is 0.435. The van der Waals surface area contributed by atoms with Crippen LogP contribution in [-0.2, 0) is 19.9 Å². The van der Waals surface area contributed by atoms with Crippen molar-refractivity contribution in [2.45, 2.75) is 38.0 Å². The Bertz CT molecular complexity index is 725. The van der Waals surface area contributed by atoms with Crippen LogP contribution < -0.4 is 10.9 Å². The van der Waals surface area contributed by atoms with E-state index in [-0.39, 0.29) is 5.56 Å². The molecule has 0 radical (unpaired) electrons. The summed E-state index contributed by atoms with van der Waals surface area (Å²) >= 11 is 1.74. The van der Waals surface area contributed by atoms with Crippen molar-refractivity contribution in [1.82, 2.24) is 14.9 Å². The molecule has 5 heteroatoms. The lowest BCUT2D eigenvalue weighted by Gasteiger charge is -2.23. The standard InChI is InChI=1S/C15H19N3OS/c1-18-13(9-4-3-7-16-8-9)17-14-12(15(18)19)10-5-2-6-11(10)20-14/h9,16H,2-8H2,1H3. The van der Waals surface area contributed by atoms with Crippen molar-refractivity contribution < 1.29 is 0 Å². The molecule has 0 spiro atoms. The van der Waals surface area contributed by atoms with Crippen LogP contribution in [0.4, 0.5) is 0 Å². The molecule has 2 aromatic rings. The molecule has 1 aliphatic heterocycles. The van der Waals surface area contributed by atoms with Gasteiger partial charge in [-0.15, -0.1) is 11.3 Å². The number of fused-ring (bicyclic) bond motifs is 3. The summed E-state index contributed by atoms with van der Waals surface area (Å²) in [6.45, 7) is 2.02. The molecule has 4 nitrogen and oxygen atoms in total. The lowest BCUT2D eigenvalue weighted by atomic mass is 9.98. The SMILES string of the molecule is Cn1c(C2CCCNC2)nc2sc3c(c2c1=O)CCC3. The van der Waals surface area contributed by atoms with Gasteiger partial charge >= 0.3 is 0 Å². The maximum absolute atomic E-state index is 12.7.